The van der Waals surface area contributed by atoms with Crippen LogP contribution < -0.4 is 14.9 Å². The van der Waals surface area contributed by atoms with Gasteiger partial charge in [-0.15, -0.1) is 0 Å². The maximum absolute atomic E-state index is 13.8. The molecule has 1 aromatic heterocycles. The summed E-state index contributed by atoms with van der Waals surface area (Å²) in [6.45, 7) is 0. The van der Waals surface area contributed by atoms with Crippen molar-refractivity contribution >= 4 is 40.4 Å². The second kappa shape index (κ2) is 8.58. The van der Waals surface area contributed by atoms with Crippen molar-refractivity contribution in [3.8, 4) is 5.75 Å². The predicted octanol–water partition coefficient (Wildman–Crippen LogP) is 4.59. The molecule has 0 bridgehead atoms. The Labute approximate surface area is 213 Å². The molecule has 4 aromatic rings. The second-order valence-electron chi connectivity index (χ2n) is 8.64. The number of phenols is 1. The van der Waals surface area contributed by atoms with Gasteiger partial charge in [0.2, 0.25) is 0 Å². The van der Waals surface area contributed by atoms with Crippen LogP contribution in [0.2, 0.25) is 5.02 Å². The Morgan fingerprint density at radius 1 is 1.11 bits per heavy atom. The van der Waals surface area contributed by atoms with Crippen LogP contribution in [0, 0.1) is 10.1 Å². The number of halogens is 1. The number of fused-ring (bicyclic) bond motifs is 3. The van der Waals surface area contributed by atoms with Crippen molar-refractivity contribution in [3.63, 3.8) is 0 Å². The summed E-state index contributed by atoms with van der Waals surface area (Å²) in [4.78, 5) is 29.9. The monoisotopic (exact) mass is 515 g/mol. The fourth-order valence-corrected chi connectivity index (χ4v) is 6.14. The van der Waals surface area contributed by atoms with Gasteiger partial charge in [0.25, 0.3) is 11.2 Å². The number of nitrogens with zero attached hydrogens (tertiary/aromatic N) is 3. The van der Waals surface area contributed by atoms with Gasteiger partial charge < -0.3 is 5.11 Å². The molecule has 36 heavy (non-hydrogen) atoms. The molecule has 9 heteroatoms. The van der Waals surface area contributed by atoms with Crippen molar-refractivity contribution in [2.75, 3.05) is 0 Å². The van der Waals surface area contributed by atoms with E-state index in [0.717, 1.165) is 35.2 Å². The van der Waals surface area contributed by atoms with Gasteiger partial charge in [0.05, 0.1) is 21.2 Å². The predicted molar refractivity (Wildman–Crippen MR) is 139 cm³/mol. The molecule has 178 valence electrons. The summed E-state index contributed by atoms with van der Waals surface area (Å²) < 4.78 is 1.97. The number of aryl methyl sites for hydroxylation is 1. The van der Waals surface area contributed by atoms with Crippen LogP contribution in [0.3, 0.4) is 0 Å². The Morgan fingerprint density at radius 3 is 2.69 bits per heavy atom. The highest BCUT2D eigenvalue weighted by Crippen LogP contribution is 2.42. The molecule has 1 unspecified atom stereocenters. The number of aromatic hydroxyl groups is 1. The van der Waals surface area contributed by atoms with Crippen LogP contribution in [0.5, 0.6) is 5.75 Å². The number of benzene rings is 3. The summed E-state index contributed by atoms with van der Waals surface area (Å²) in [5.41, 5.74) is 4.67. The molecule has 0 amide bonds. The number of non-ortho nitro benzene ring substituents is 1. The van der Waals surface area contributed by atoms with Crippen molar-refractivity contribution in [3.05, 3.63) is 129 Å². The standard InChI is InChI=1S/C27H18ClN3O4S/c28-21-8-4-3-7-19(21)25-20-11-9-15-5-1-2-6-18(15)24(20)29-27-30(25)26(33)23(36-27)14-16-13-17(31(34)35)10-12-22(16)32/h1-8,10,12-14,25,32H,9,11H2. The van der Waals surface area contributed by atoms with Gasteiger partial charge >= 0.3 is 0 Å². The van der Waals surface area contributed by atoms with Gasteiger partial charge in [-0.05, 0) is 47.8 Å². The van der Waals surface area contributed by atoms with Crippen LogP contribution in [-0.2, 0) is 6.42 Å². The summed E-state index contributed by atoms with van der Waals surface area (Å²) in [5, 5.41) is 22.1. The topological polar surface area (TPSA) is 97.7 Å². The summed E-state index contributed by atoms with van der Waals surface area (Å²) in [5.74, 6) is -0.151. The van der Waals surface area contributed by atoms with E-state index in [1.54, 1.807) is 4.57 Å². The molecule has 2 aliphatic rings. The van der Waals surface area contributed by atoms with E-state index in [2.05, 4.69) is 6.07 Å². The van der Waals surface area contributed by atoms with Crippen molar-refractivity contribution in [2.45, 2.75) is 18.9 Å². The number of thiazole rings is 1. The maximum atomic E-state index is 13.8. The average Bonchev–Trinajstić information content (AvgIpc) is 3.19. The van der Waals surface area contributed by atoms with Crippen LogP contribution in [0.1, 0.15) is 34.7 Å². The highest BCUT2D eigenvalue weighted by Gasteiger charge is 2.33. The molecule has 2 heterocycles. The molecule has 1 aliphatic heterocycles. The SMILES string of the molecule is O=c1c(=Cc2cc([N+](=O)[O-])ccc2O)sc2n1C(c1ccccc1Cl)C1=C(N=2)c2ccccc2CC1. The molecule has 0 saturated carbocycles. The average molecular weight is 516 g/mol. The number of hydrogen-bond acceptors (Lipinski definition) is 6. The first-order valence-electron chi connectivity index (χ1n) is 11.3. The smallest absolute Gasteiger partial charge is 0.271 e. The van der Waals surface area contributed by atoms with Gasteiger partial charge in [-0.3, -0.25) is 19.5 Å². The third kappa shape index (κ3) is 3.57. The lowest BCUT2D eigenvalue weighted by Gasteiger charge is -2.31. The van der Waals surface area contributed by atoms with Crippen LogP contribution >= 0.6 is 22.9 Å². The van der Waals surface area contributed by atoms with Crippen LogP contribution in [0.25, 0.3) is 11.8 Å². The lowest BCUT2D eigenvalue weighted by atomic mass is 9.83. The number of allylic oxidation sites excluding steroid dienone is 1. The molecule has 6 rings (SSSR count). The van der Waals surface area contributed by atoms with Gasteiger partial charge in [0.1, 0.15) is 5.75 Å². The lowest BCUT2D eigenvalue weighted by molar-refractivity contribution is -0.384. The first-order valence-corrected chi connectivity index (χ1v) is 12.5. The zero-order valence-corrected chi connectivity index (χ0v) is 20.3. The van der Waals surface area contributed by atoms with Crippen LogP contribution in [-0.4, -0.2) is 14.6 Å². The van der Waals surface area contributed by atoms with Crippen molar-refractivity contribution in [2.24, 2.45) is 4.99 Å². The van der Waals surface area contributed by atoms with E-state index in [-0.39, 0.29) is 22.6 Å². The Bertz CT molecular complexity index is 1790. The van der Waals surface area contributed by atoms with Crippen LogP contribution in [0.15, 0.2) is 82.1 Å². The van der Waals surface area contributed by atoms with Gasteiger partial charge in [0.15, 0.2) is 4.80 Å². The van der Waals surface area contributed by atoms with E-state index in [0.29, 0.717) is 14.4 Å². The van der Waals surface area contributed by atoms with E-state index in [9.17, 15) is 20.0 Å². The summed E-state index contributed by atoms with van der Waals surface area (Å²) in [7, 11) is 0. The number of phenolic OH excluding ortho intramolecular Hbond substituents is 1. The minimum Gasteiger partial charge on any atom is -0.507 e. The van der Waals surface area contributed by atoms with Crippen molar-refractivity contribution < 1.29 is 10.0 Å². The van der Waals surface area contributed by atoms with Gasteiger partial charge in [-0.2, -0.15) is 0 Å². The molecule has 0 saturated heterocycles. The minimum atomic E-state index is -0.540. The first kappa shape index (κ1) is 22.5. The molecular formula is C27H18ClN3O4S. The van der Waals surface area contributed by atoms with E-state index in [4.69, 9.17) is 16.6 Å². The van der Waals surface area contributed by atoms with E-state index in [1.165, 1.54) is 41.2 Å². The Balaban J connectivity index is 1.63. The summed E-state index contributed by atoms with van der Waals surface area (Å²) >= 11 is 7.83. The number of rotatable bonds is 3. The lowest BCUT2D eigenvalue weighted by Crippen LogP contribution is -2.38. The minimum absolute atomic E-state index is 0.151. The Hall–Kier alpha value is -4.01. The molecule has 1 atom stereocenters. The quantitative estimate of drug-likeness (QED) is 0.319. The van der Waals surface area contributed by atoms with Gasteiger partial charge in [-0.1, -0.05) is 65.4 Å². The maximum Gasteiger partial charge on any atom is 0.271 e. The van der Waals surface area contributed by atoms with E-state index in [1.807, 2.05) is 42.5 Å². The molecule has 1 N–H and O–H groups in total. The molecule has 0 fully saturated rings. The van der Waals surface area contributed by atoms with Gasteiger partial charge in [0, 0.05) is 28.3 Å². The van der Waals surface area contributed by atoms with Crippen LogP contribution in [0.4, 0.5) is 5.69 Å². The third-order valence-electron chi connectivity index (χ3n) is 6.58. The number of nitro groups is 1. The highest BCUT2D eigenvalue weighted by atomic mass is 35.5. The molecule has 0 radical (unpaired) electrons. The fraction of sp³-hybridized carbons (Fsp3) is 0.111. The summed E-state index contributed by atoms with van der Waals surface area (Å²) in [6.07, 6.45) is 3.05. The molecular weight excluding hydrogens is 498 g/mol. The number of nitro benzene ring substituents is 1. The molecule has 7 nitrogen and oxygen atoms in total. The largest absolute Gasteiger partial charge is 0.507 e. The fourth-order valence-electron chi connectivity index (χ4n) is 4.91. The second-order valence-corrected chi connectivity index (χ2v) is 10.1. The number of aromatic nitrogens is 1. The zero-order chi connectivity index (χ0) is 25.0. The molecule has 3 aromatic carbocycles. The highest BCUT2D eigenvalue weighted by molar-refractivity contribution is 7.07. The zero-order valence-electron chi connectivity index (χ0n) is 18.7. The van der Waals surface area contributed by atoms with Crippen molar-refractivity contribution in [1.82, 2.24) is 4.57 Å². The summed E-state index contributed by atoms with van der Waals surface area (Å²) in [6, 6.07) is 18.9. The van der Waals surface area contributed by atoms with E-state index >= 15 is 0 Å². The molecule has 0 spiro atoms. The Morgan fingerprint density at radius 2 is 1.89 bits per heavy atom. The normalized spacial score (nSPS) is 16.7. The number of hydrogen-bond donors (Lipinski definition) is 1. The first-order chi connectivity index (χ1) is 17.4. The molecule has 1 aliphatic carbocycles. The Kier molecular flexibility index (Phi) is 5.35. The third-order valence-corrected chi connectivity index (χ3v) is 7.91. The van der Waals surface area contributed by atoms with Gasteiger partial charge in [-0.25, -0.2) is 4.99 Å². The van der Waals surface area contributed by atoms with Crippen molar-refractivity contribution in [1.29, 1.82) is 0 Å². The van der Waals surface area contributed by atoms with E-state index < -0.39 is 11.0 Å².